The van der Waals surface area contributed by atoms with Crippen molar-refractivity contribution in [3.05, 3.63) is 75.5 Å². The zero-order valence-corrected chi connectivity index (χ0v) is 13.4. The molecule has 3 rings (SSSR count). The molecule has 21 heavy (non-hydrogen) atoms. The van der Waals surface area contributed by atoms with E-state index in [2.05, 4.69) is 32.4 Å². The summed E-state index contributed by atoms with van der Waals surface area (Å²) in [6, 6.07) is 13.7. The summed E-state index contributed by atoms with van der Waals surface area (Å²) >= 11 is 9.78. The number of hydrazine groups is 1. The van der Waals surface area contributed by atoms with Crippen LogP contribution in [-0.2, 0) is 0 Å². The maximum atomic E-state index is 6.36. The van der Waals surface area contributed by atoms with E-state index in [1.54, 1.807) is 6.20 Å². The van der Waals surface area contributed by atoms with Crippen molar-refractivity contribution in [3.8, 4) is 0 Å². The van der Waals surface area contributed by atoms with E-state index in [1.165, 1.54) is 0 Å². The Morgan fingerprint density at radius 3 is 2.76 bits per heavy atom. The molecule has 1 aromatic heterocycles. The van der Waals surface area contributed by atoms with Crippen molar-refractivity contribution in [1.29, 1.82) is 0 Å². The molecule has 0 spiro atoms. The first-order valence-corrected chi connectivity index (χ1v) is 7.61. The molecule has 3 nitrogen and oxygen atoms in total. The fourth-order valence-electron chi connectivity index (χ4n) is 2.47. The molecule has 1 heterocycles. The maximum Gasteiger partial charge on any atom is 0.0731 e. The van der Waals surface area contributed by atoms with E-state index in [4.69, 9.17) is 17.4 Å². The summed E-state index contributed by atoms with van der Waals surface area (Å²) in [6.45, 7) is 0. The monoisotopic (exact) mass is 361 g/mol. The molecule has 0 aliphatic heterocycles. The molecule has 0 radical (unpaired) electrons. The van der Waals surface area contributed by atoms with Crippen LogP contribution in [0.4, 0.5) is 0 Å². The highest BCUT2D eigenvalue weighted by Gasteiger charge is 2.18. The summed E-state index contributed by atoms with van der Waals surface area (Å²) in [6.07, 6.45) is 3.63. The highest BCUT2D eigenvalue weighted by atomic mass is 79.9. The van der Waals surface area contributed by atoms with Gasteiger partial charge in [-0.1, -0.05) is 51.8 Å². The van der Waals surface area contributed by atoms with Gasteiger partial charge in [-0.15, -0.1) is 0 Å². The molecule has 0 saturated heterocycles. The van der Waals surface area contributed by atoms with Crippen molar-refractivity contribution in [3.63, 3.8) is 0 Å². The lowest BCUT2D eigenvalue weighted by Gasteiger charge is -2.20. The Balaban J connectivity index is 2.18. The van der Waals surface area contributed by atoms with Gasteiger partial charge in [0.2, 0.25) is 0 Å². The summed E-state index contributed by atoms with van der Waals surface area (Å²) < 4.78 is 0.937. The second kappa shape index (κ2) is 6.12. The summed E-state index contributed by atoms with van der Waals surface area (Å²) in [4.78, 5) is 4.21. The van der Waals surface area contributed by atoms with E-state index in [9.17, 15) is 0 Å². The molecule has 0 fully saturated rings. The number of rotatable bonds is 3. The normalized spacial score (nSPS) is 12.5. The van der Waals surface area contributed by atoms with Gasteiger partial charge in [0, 0.05) is 27.3 Å². The largest absolute Gasteiger partial charge is 0.271 e. The third-order valence-corrected chi connectivity index (χ3v) is 4.29. The lowest BCUT2D eigenvalue weighted by atomic mass is 9.95. The van der Waals surface area contributed by atoms with E-state index in [-0.39, 0.29) is 6.04 Å². The zero-order chi connectivity index (χ0) is 14.8. The van der Waals surface area contributed by atoms with Gasteiger partial charge in [-0.25, -0.2) is 5.43 Å². The van der Waals surface area contributed by atoms with Crippen LogP contribution in [0.1, 0.15) is 17.2 Å². The van der Waals surface area contributed by atoms with Gasteiger partial charge in [0.1, 0.15) is 0 Å². The summed E-state index contributed by atoms with van der Waals surface area (Å²) in [5.41, 5.74) is 4.84. The van der Waals surface area contributed by atoms with Crippen molar-refractivity contribution in [2.45, 2.75) is 6.04 Å². The summed E-state index contributed by atoms with van der Waals surface area (Å²) in [5.74, 6) is 5.79. The molecule has 5 heteroatoms. The number of hydrogen-bond acceptors (Lipinski definition) is 3. The van der Waals surface area contributed by atoms with Crippen molar-refractivity contribution >= 4 is 38.3 Å². The number of nitrogens with one attached hydrogen (secondary N) is 1. The number of hydrogen-bond donors (Lipinski definition) is 2. The van der Waals surface area contributed by atoms with Crippen LogP contribution in [0, 0.1) is 0 Å². The van der Waals surface area contributed by atoms with Crippen LogP contribution in [0.2, 0.25) is 5.02 Å². The Bertz CT molecular complexity index is 786. The predicted octanol–water partition coefficient (Wildman–Crippen LogP) is 4.20. The predicted molar refractivity (Wildman–Crippen MR) is 90.1 cm³/mol. The van der Waals surface area contributed by atoms with Crippen LogP contribution in [-0.4, -0.2) is 4.98 Å². The Labute approximate surface area is 136 Å². The van der Waals surface area contributed by atoms with Gasteiger partial charge in [0.25, 0.3) is 0 Å². The highest BCUT2D eigenvalue weighted by Crippen LogP contribution is 2.33. The molecular formula is C16H13BrClN3. The smallest absolute Gasteiger partial charge is 0.0731 e. The van der Waals surface area contributed by atoms with Crippen LogP contribution in [0.25, 0.3) is 10.8 Å². The molecule has 1 atom stereocenters. The molecule has 106 valence electrons. The van der Waals surface area contributed by atoms with E-state index < -0.39 is 0 Å². The minimum Gasteiger partial charge on any atom is -0.271 e. The minimum atomic E-state index is -0.196. The van der Waals surface area contributed by atoms with Gasteiger partial charge in [-0.2, -0.15) is 0 Å². The molecule has 3 aromatic rings. The van der Waals surface area contributed by atoms with Crippen molar-refractivity contribution in [1.82, 2.24) is 10.4 Å². The van der Waals surface area contributed by atoms with Gasteiger partial charge >= 0.3 is 0 Å². The molecular weight excluding hydrogens is 350 g/mol. The topological polar surface area (TPSA) is 50.9 Å². The number of pyridine rings is 1. The van der Waals surface area contributed by atoms with E-state index in [0.717, 1.165) is 26.4 Å². The van der Waals surface area contributed by atoms with Crippen molar-refractivity contribution < 1.29 is 0 Å². The van der Waals surface area contributed by atoms with Gasteiger partial charge in [-0.3, -0.25) is 10.8 Å². The molecule has 0 aliphatic rings. The first-order chi connectivity index (χ1) is 10.2. The first kappa shape index (κ1) is 14.5. The second-order valence-corrected chi connectivity index (χ2v) is 6.03. The molecule has 3 N–H and O–H groups in total. The third kappa shape index (κ3) is 2.80. The third-order valence-electron chi connectivity index (χ3n) is 3.47. The lowest BCUT2D eigenvalue weighted by Crippen LogP contribution is -2.29. The van der Waals surface area contributed by atoms with Crippen LogP contribution in [0.5, 0.6) is 0 Å². The average Bonchev–Trinajstić information content (AvgIpc) is 2.50. The van der Waals surface area contributed by atoms with Crippen LogP contribution >= 0.6 is 27.5 Å². The Kier molecular flexibility index (Phi) is 4.22. The van der Waals surface area contributed by atoms with Gasteiger partial charge < -0.3 is 0 Å². The summed E-state index contributed by atoms with van der Waals surface area (Å²) in [7, 11) is 0. The van der Waals surface area contributed by atoms with Gasteiger partial charge in [0.15, 0.2) is 0 Å². The van der Waals surface area contributed by atoms with Gasteiger partial charge in [0.05, 0.1) is 6.04 Å². The molecule has 0 bridgehead atoms. The number of benzene rings is 2. The minimum absolute atomic E-state index is 0.196. The fraction of sp³-hybridized carbons (Fsp3) is 0.0625. The SMILES string of the molecule is NNC(c1ccc(Br)cc1Cl)c1cccc2ccncc12. The molecule has 2 aromatic carbocycles. The zero-order valence-electron chi connectivity index (χ0n) is 11.1. The quantitative estimate of drug-likeness (QED) is 0.542. The van der Waals surface area contributed by atoms with Crippen molar-refractivity contribution in [2.24, 2.45) is 5.84 Å². The average molecular weight is 363 g/mol. The molecule has 0 amide bonds. The molecule has 1 unspecified atom stereocenters. The fourth-order valence-corrected chi connectivity index (χ4v) is 3.25. The number of nitrogens with zero attached hydrogens (tertiary/aromatic N) is 1. The lowest BCUT2D eigenvalue weighted by molar-refractivity contribution is 0.641. The standard InChI is InChI=1S/C16H13BrClN3/c17-11-4-5-13(15(18)8-11)16(21-19)12-3-1-2-10-6-7-20-9-14(10)12/h1-9,16,21H,19H2. The van der Waals surface area contributed by atoms with Crippen LogP contribution in [0.15, 0.2) is 59.3 Å². The second-order valence-electron chi connectivity index (χ2n) is 4.71. The molecule has 0 saturated carbocycles. The van der Waals surface area contributed by atoms with E-state index >= 15 is 0 Å². The van der Waals surface area contributed by atoms with Crippen LogP contribution in [0.3, 0.4) is 0 Å². The number of halogens is 2. The van der Waals surface area contributed by atoms with Gasteiger partial charge in [-0.05, 0) is 34.7 Å². The Morgan fingerprint density at radius 2 is 2.00 bits per heavy atom. The van der Waals surface area contributed by atoms with E-state index in [1.807, 2.05) is 42.6 Å². The Hall–Kier alpha value is -1.46. The Morgan fingerprint density at radius 1 is 1.14 bits per heavy atom. The van der Waals surface area contributed by atoms with E-state index in [0.29, 0.717) is 5.02 Å². The number of fused-ring (bicyclic) bond motifs is 1. The number of nitrogens with two attached hydrogens (primary N) is 1. The number of aromatic nitrogens is 1. The highest BCUT2D eigenvalue weighted by molar-refractivity contribution is 9.10. The first-order valence-electron chi connectivity index (χ1n) is 6.44. The maximum absolute atomic E-state index is 6.36. The van der Waals surface area contributed by atoms with Crippen LogP contribution < -0.4 is 11.3 Å². The molecule has 0 aliphatic carbocycles. The van der Waals surface area contributed by atoms with Crippen molar-refractivity contribution in [2.75, 3.05) is 0 Å². The summed E-state index contributed by atoms with van der Waals surface area (Å²) in [5, 5.41) is 2.84.